The van der Waals surface area contributed by atoms with E-state index >= 15 is 0 Å². The Labute approximate surface area is 89.2 Å². The summed E-state index contributed by atoms with van der Waals surface area (Å²) in [6.07, 6.45) is 0. The molecule has 1 aromatic rings. The van der Waals surface area contributed by atoms with Gasteiger partial charge in [-0.05, 0) is 12.0 Å². The van der Waals surface area contributed by atoms with Gasteiger partial charge in [0.05, 0.1) is 5.56 Å². The first kappa shape index (κ1) is 9.85. The molecule has 1 aliphatic heterocycles. The summed E-state index contributed by atoms with van der Waals surface area (Å²) in [5.41, 5.74) is 1.65. The molecule has 1 aliphatic rings. The first-order valence-electron chi connectivity index (χ1n) is 5.06. The molecule has 0 spiro atoms. The van der Waals surface area contributed by atoms with E-state index in [1.165, 1.54) is 0 Å². The van der Waals surface area contributed by atoms with Crippen LogP contribution in [-0.2, 0) is 0 Å². The summed E-state index contributed by atoms with van der Waals surface area (Å²) in [4.78, 5) is 0. The van der Waals surface area contributed by atoms with Gasteiger partial charge in [-0.15, -0.1) is 0 Å². The second kappa shape index (κ2) is 3.82. The molecule has 0 bridgehead atoms. The van der Waals surface area contributed by atoms with Crippen molar-refractivity contribution in [1.82, 2.24) is 0 Å². The van der Waals surface area contributed by atoms with E-state index in [4.69, 9.17) is 14.7 Å². The van der Waals surface area contributed by atoms with Crippen LogP contribution in [0, 0.1) is 11.3 Å². The molecule has 2 rings (SSSR count). The molecule has 0 radical (unpaired) electrons. The second-order valence-corrected chi connectivity index (χ2v) is 3.82. The van der Waals surface area contributed by atoms with Crippen molar-refractivity contribution in [2.75, 3.05) is 13.2 Å². The molecule has 0 atom stereocenters. The maximum absolute atomic E-state index is 8.94. The average molecular weight is 203 g/mol. The van der Waals surface area contributed by atoms with Gasteiger partial charge in [-0.1, -0.05) is 19.9 Å². The standard InChI is InChI=1S/C12H13NO2/c1-8(2)10-4-3-9(7-13)11-12(10)15-6-5-14-11/h3-4,8H,5-6H2,1-2H3. The van der Waals surface area contributed by atoms with Crippen LogP contribution < -0.4 is 9.47 Å². The molecule has 0 saturated heterocycles. The van der Waals surface area contributed by atoms with Gasteiger partial charge in [0.15, 0.2) is 11.5 Å². The van der Waals surface area contributed by atoms with Gasteiger partial charge in [0.1, 0.15) is 19.3 Å². The highest BCUT2D eigenvalue weighted by Crippen LogP contribution is 2.39. The third-order valence-corrected chi connectivity index (χ3v) is 2.46. The molecule has 0 aromatic heterocycles. The van der Waals surface area contributed by atoms with Crippen LogP contribution in [0.3, 0.4) is 0 Å². The van der Waals surface area contributed by atoms with Gasteiger partial charge in [0, 0.05) is 5.56 Å². The van der Waals surface area contributed by atoms with Gasteiger partial charge >= 0.3 is 0 Å². The summed E-state index contributed by atoms with van der Waals surface area (Å²) < 4.78 is 11.1. The Balaban J connectivity index is 2.58. The highest BCUT2D eigenvalue weighted by atomic mass is 16.6. The minimum atomic E-state index is 0.369. The maximum atomic E-state index is 8.94. The van der Waals surface area contributed by atoms with Crippen LogP contribution in [-0.4, -0.2) is 13.2 Å². The van der Waals surface area contributed by atoms with E-state index in [1.54, 1.807) is 6.07 Å². The van der Waals surface area contributed by atoms with Gasteiger partial charge in [-0.25, -0.2) is 0 Å². The lowest BCUT2D eigenvalue weighted by atomic mass is 9.99. The van der Waals surface area contributed by atoms with Crippen LogP contribution in [0.4, 0.5) is 0 Å². The molecule has 1 aromatic carbocycles. The average Bonchev–Trinajstić information content (AvgIpc) is 2.27. The first-order chi connectivity index (χ1) is 7.24. The van der Waals surface area contributed by atoms with Crippen LogP contribution >= 0.6 is 0 Å². The fourth-order valence-corrected chi connectivity index (χ4v) is 1.70. The van der Waals surface area contributed by atoms with Crippen molar-refractivity contribution in [3.63, 3.8) is 0 Å². The summed E-state index contributed by atoms with van der Waals surface area (Å²) in [5.74, 6) is 1.72. The Morgan fingerprint density at radius 1 is 1.20 bits per heavy atom. The van der Waals surface area contributed by atoms with Crippen LogP contribution in [0.2, 0.25) is 0 Å². The Morgan fingerprint density at radius 3 is 2.47 bits per heavy atom. The lowest BCUT2D eigenvalue weighted by Crippen LogP contribution is -2.17. The van der Waals surface area contributed by atoms with Gasteiger partial charge in [-0.2, -0.15) is 5.26 Å². The molecule has 0 unspecified atom stereocenters. The van der Waals surface area contributed by atoms with Crippen molar-refractivity contribution < 1.29 is 9.47 Å². The number of ether oxygens (including phenoxy) is 2. The molecular weight excluding hydrogens is 190 g/mol. The summed E-state index contributed by atoms with van der Waals surface area (Å²) in [7, 11) is 0. The molecule has 3 nitrogen and oxygen atoms in total. The van der Waals surface area contributed by atoms with Gasteiger partial charge in [-0.3, -0.25) is 0 Å². The zero-order chi connectivity index (χ0) is 10.8. The number of rotatable bonds is 1. The zero-order valence-electron chi connectivity index (χ0n) is 8.91. The van der Waals surface area contributed by atoms with Crippen molar-refractivity contribution in [1.29, 1.82) is 5.26 Å². The van der Waals surface area contributed by atoms with Gasteiger partial charge in [0.2, 0.25) is 0 Å². The maximum Gasteiger partial charge on any atom is 0.179 e. The van der Waals surface area contributed by atoms with Crippen molar-refractivity contribution in [2.45, 2.75) is 19.8 Å². The quantitative estimate of drug-likeness (QED) is 0.704. The zero-order valence-corrected chi connectivity index (χ0v) is 8.91. The topological polar surface area (TPSA) is 42.2 Å². The smallest absolute Gasteiger partial charge is 0.179 e. The Bertz CT molecular complexity index is 418. The van der Waals surface area contributed by atoms with Crippen LogP contribution in [0.5, 0.6) is 11.5 Å². The minimum absolute atomic E-state index is 0.369. The summed E-state index contributed by atoms with van der Waals surface area (Å²) in [6, 6.07) is 5.85. The van der Waals surface area contributed by atoms with Crippen LogP contribution in [0.25, 0.3) is 0 Å². The van der Waals surface area contributed by atoms with E-state index in [-0.39, 0.29) is 0 Å². The number of benzene rings is 1. The van der Waals surface area contributed by atoms with Crippen molar-refractivity contribution in [2.24, 2.45) is 0 Å². The fourth-order valence-electron chi connectivity index (χ4n) is 1.70. The van der Waals surface area contributed by atoms with Gasteiger partial charge < -0.3 is 9.47 Å². The fraction of sp³-hybridized carbons (Fsp3) is 0.417. The third-order valence-electron chi connectivity index (χ3n) is 2.46. The summed E-state index contributed by atoms with van der Waals surface area (Å²) >= 11 is 0. The third kappa shape index (κ3) is 1.63. The summed E-state index contributed by atoms with van der Waals surface area (Å²) in [5, 5.41) is 8.94. The molecule has 0 amide bonds. The van der Waals surface area contributed by atoms with Crippen molar-refractivity contribution in [3.8, 4) is 17.6 Å². The lowest BCUT2D eigenvalue weighted by molar-refractivity contribution is 0.169. The molecule has 15 heavy (non-hydrogen) atoms. The van der Waals surface area contributed by atoms with Crippen LogP contribution in [0.15, 0.2) is 12.1 Å². The van der Waals surface area contributed by atoms with E-state index in [0.29, 0.717) is 30.4 Å². The number of hydrogen-bond donors (Lipinski definition) is 0. The highest BCUT2D eigenvalue weighted by molar-refractivity contribution is 5.57. The van der Waals surface area contributed by atoms with E-state index in [2.05, 4.69) is 19.9 Å². The predicted octanol–water partition coefficient (Wildman–Crippen LogP) is 2.45. The molecule has 0 N–H and O–H groups in total. The molecule has 0 fully saturated rings. The molecule has 3 heteroatoms. The van der Waals surface area contributed by atoms with Crippen molar-refractivity contribution >= 4 is 0 Å². The second-order valence-electron chi connectivity index (χ2n) is 3.82. The van der Waals surface area contributed by atoms with Gasteiger partial charge in [0.25, 0.3) is 0 Å². The number of hydrogen-bond acceptors (Lipinski definition) is 3. The highest BCUT2D eigenvalue weighted by Gasteiger charge is 2.21. The van der Waals surface area contributed by atoms with E-state index in [0.717, 1.165) is 11.3 Å². The first-order valence-corrected chi connectivity index (χ1v) is 5.06. The largest absolute Gasteiger partial charge is 0.486 e. The van der Waals surface area contributed by atoms with E-state index in [1.807, 2.05) is 6.07 Å². The number of nitriles is 1. The van der Waals surface area contributed by atoms with E-state index < -0.39 is 0 Å². The van der Waals surface area contributed by atoms with E-state index in [9.17, 15) is 0 Å². The van der Waals surface area contributed by atoms with Crippen LogP contribution in [0.1, 0.15) is 30.9 Å². The molecule has 1 heterocycles. The normalized spacial score (nSPS) is 13.7. The monoisotopic (exact) mass is 203 g/mol. The minimum Gasteiger partial charge on any atom is -0.486 e. The molecule has 78 valence electrons. The Morgan fingerprint density at radius 2 is 1.87 bits per heavy atom. The number of fused-ring (bicyclic) bond motifs is 1. The SMILES string of the molecule is CC(C)c1ccc(C#N)c2c1OCCO2. The molecule has 0 aliphatic carbocycles. The summed E-state index contributed by atoms with van der Waals surface area (Å²) in [6.45, 7) is 5.27. The predicted molar refractivity (Wildman–Crippen MR) is 56.2 cm³/mol. The lowest BCUT2D eigenvalue weighted by Gasteiger charge is -2.23. The number of nitrogens with zero attached hydrogens (tertiary/aromatic N) is 1. The Hall–Kier alpha value is -1.69. The molecule has 0 saturated carbocycles. The van der Waals surface area contributed by atoms with Crippen molar-refractivity contribution in [3.05, 3.63) is 23.3 Å². The Kier molecular flexibility index (Phi) is 2.51. The molecular formula is C12H13NO2.